The molecule has 1 heterocycles. The predicted molar refractivity (Wildman–Crippen MR) is 64.7 cm³/mol. The molecule has 1 aliphatic heterocycles. The molecule has 0 radical (unpaired) electrons. The number of benzene rings is 1. The minimum absolute atomic E-state index is 0.112. The number of rotatable bonds is 1. The van der Waals surface area contributed by atoms with Crippen molar-refractivity contribution in [1.29, 1.82) is 0 Å². The van der Waals surface area contributed by atoms with Gasteiger partial charge in [-0.05, 0) is 18.6 Å². The van der Waals surface area contributed by atoms with Crippen LogP contribution >= 0.6 is 23.2 Å². The summed E-state index contributed by atoms with van der Waals surface area (Å²) in [7, 11) is -3.44. The molecule has 0 aliphatic carbocycles. The van der Waals surface area contributed by atoms with Crippen molar-refractivity contribution in [3.8, 4) is 0 Å². The maximum absolute atomic E-state index is 12.2. The second-order valence-electron chi connectivity index (χ2n) is 3.79. The molecule has 1 aromatic rings. The topological polar surface area (TPSA) is 60.2 Å². The van der Waals surface area contributed by atoms with Crippen LogP contribution < -0.4 is 5.73 Å². The Hall–Kier alpha value is -0.290. The molecule has 1 aliphatic rings. The van der Waals surface area contributed by atoms with Gasteiger partial charge in [0.1, 0.15) is 0 Å². The van der Waals surface area contributed by atoms with Crippen LogP contribution in [0.3, 0.4) is 0 Å². The van der Waals surface area contributed by atoms with E-state index in [1.165, 1.54) is 6.07 Å². The van der Waals surface area contributed by atoms with E-state index in [9.17, 15) is 8.42 Å². The zero-order valence-corrected chi connectivity index (χ0v) is 10.9. The smallest absolute Gasteiger partial charge is 0.184 e. The zero-order valence-electron chi connectivity index (χ0n) is 8.57. The van der Waals surface area contributed by atoms with Crippen molar-refractivity contribution in [3.05, 3.63) is 27.7 Å². The molecule has 88 valence electrons. The molecular weight excluding hydrogens is 269 g/mol. The summed E-state index contributed by atoms with van der Waals surface area (Å²) in [6.07, 6.45) is 0.449. The molecule has 0 fully saturated rings. The first-order valence-corrected chi connectivity index (χ1v) is 7.18. The van der Waals surface area contributed by atoms with Crippen molar-refractivity contribution in [3.63, 3.8) is 0 Å². The Morgan fingerprint density at radius 2 is 1.88 bits per heavy atom. The quantitative estimate of drug-likeness (QED) is 0.860. The molecule has 6 heteroatoms. The van der Waals surface area contributed by atoms with Gasteiger partial charge >= 0.3 is 0 Å². The van der Waals surface area contributed by atoms with Crippen molar-refractivity contribution in [2.45, 2.75) is 29.5 Å². The highest BCUT2D eigenvalue weighted by atomic mass is 35.5. The third-order valence-corrected chi connectivity index (χ3v) is 6.10. The van der Waals surface area contributed by atoms with Gasteiger partial charge in [-0.3, -0.25) is 0 Å². The van der Waals surface area contributed by atoms with Crippen molar-refractivity contribution in [1.82, 2.24) is 0 Å². The maximum atomic E-state index is 12.2. The van der Waals surface area contributed by atoms with Crippen molar-refractivity contribution < 1.29 is 8.42 Å². The van der Waals surface area contributed by atoms with E-state index >= 15 is 0 Å². The van der Waals surface area contributed by atoms with E-state index in [1.807, 2.05) is 0 Å². The number of hydrogen-bond acceptors (Lipinski definition) is 3. The Morgan fingerprint density at radius 1 is 1.31 bits per heavy atom. The van der Waals surface area contributed by atoms with Crippen molar-refractivity contribution in [2.24, 2.45) is 5.73 Å². The Morgan fingerprint density at radius 3 is 2.38 bits per heavy atom. The van der Waals surface area contributed by atoms with Crippen LogP contribution in [-0.4, -0.2) is 13.7 Å². The minimum Gasteiger partial charge on any atom is -0.323 e. The Labute approximate surface area is 104 Å². The highest BCUT2D eigenvalue weighted by Gasteiger charge is 2.44. The summed E-state index contributed by atoms with van der Waals surface area (Å²) in [5.74, 6) is 0. The number of fused-ring (bicyclic) bond motifs is 1. The third-order valence-electron chi connectivity index (χ3n) is 2.91. The minimum atomic E-state index is -3.44. The number of nitrogens with two attached hydrogens (primary N) is 1. The summed E-state index contributed by atoms with van der Waals surface area (Å²) in [4.78, 5) is 0.112. The zero-order chi connectivity index (χ0) is 12.1. The molecule has 2 rings (SSSR count). The van der Waals surface area contributed by atoms with E-state index in [-0.39, 0.29) is 9.92 Å². The molecular formula is C10H11Cl2NO2S. The summed E-state index contributed by atoms with van der Waals surface area (Å²) >= 11 is 11.9. The Balaban J connectivity index is 2.82. The summed E-state index contributed by atoms with van der Waals surface area (Å²) < 4.78 is 24.4. The molecule has 0 saturated carbocycles. The first-order valence-electron chi connectivity index (χ1n) is 4.88. The molecule has 0 aromatic heterocycles. The van der Waals surface area contributed by atoms with Gasteiger partial charge in [-0.1, -0.05) is 30.1 Å². The first-order chi connectivity index (χ1) is 7.41. The van der Waals surface area contributed by atoms with Crippen LogP contribution in [-0.2, 0) is 9.84 Å². The van der Waals surface area contributed by atoms with Crippen LogP contribution in [0.25, 0.3) is 0 Å². The molecule has 0 amide bonds. The van der Waals surface area contributed by atoms with E-state index in [0.717, 1.165) is 0 Å². The number of hydrogen-bond donors (Lipinski definition) is 1. The van der Waals surface area contributed by atoms with E-state index in [0.29, 0.717) is 17.0 Å². The van der Waals surface area contributed by atoms with Crippen LogP contribution in [0, 0.1) is 0 Å². The van der Waals surface area contributed by atoms with E-state index in [1.54, 1.807) is 13.0 Å². The number of sulfone groups is 1. The molecule has 2 atom stereocenters. The highest BCUT2D eigenvalue weighted by Crippen LogP contribution is 2.45. The van der Waals surface area contributed by atoms with Gasteiger partial charge in [0.25, 0.3) is 0 Å². The summed E-state index contributed by atoms with van der Waals surface area (Å²) in [6.45, 7) is 1.79. The van der Waals surface area contributed by atoms with Gasteiger partial charge in [0, 0.05) is 16.6 Å². The number of halogens is 2. The normalized spacial score (nSPS) is 26.8. The second-order valence-corrected chi connectivity index (χ2v) is 6.71. The third kappa shape index (κ3) is 1.48. The van der Waals surface area contributed by atoms with Crippen LogP contribution in [0.4, 0.5) is 0 Å². The fourth-order valence-electron chi connectivity index (χ4n) is 2.15. The summed E-state index contributed by atoms with van der Waals surface area (Å²) in [5, 5.41) is -0.0582. The lowest BCUT2D eigenvalue weighted by atomic mass is 10.0. The summed E-state index contributed by atoms with van der Waals surface area (Å²) in [6, 6.07) is 2.48. The average Bonchev–Trinajstić information content (AvgIpc) is 2.41. The van der Waals surface area contributed by atoms with Gasteiger partial charge in [-0.25, -0.2) is 8.42 Å². The first kappa shape index (κ1) is 12.2. The van der Waals surface area contributed by atoms with E-state index in [4.69, 9.17) is 28.9 Å². The molecule has 0 spiro atoms. The molecule has 2 unspecified atom stereocenters. The van der Waals surface area contributed by atoms with Gasteiger partial charge in [-0.2, -0.15) is 0 Å². The standard InChI is InChI=1S/C10H11Cl2NO2S/c1-2-7-9(13)8-5(11)3-4-6(12)10(8)16(7,14)15/h3-4,7,9H,2,13H2,1H3. The second kappa shape index (κ2) is 3.88. The maximum Gasteiger partial charge on any atom is 0.184 e. The summed E-state index contributed by atoms with van der Waals surface area (Å²) in [5.41, 5.74) is 6.38. The highest BCUT2D eigenvalue weighted by molar-refractivity contribution is 7.92. The lowest BCUT2D eigenvalue weighted by Crippen LogP contribution is -2.25. The van der Waals surface area contributed by atoms with Crippen LogP contribution in [0.15, 0.2) is 17.0 Å². The SMILES string of the molecule is CCC1C(N)c2c(Cl)ccc(Cl)c2S1(=O)=O. The van der Waals surface area contributed by atoms with Gasteiger partial charge in [0.15, 0.2) is 9.84 Å². The van der Waals surface area contributed by atoms with Crippen molar-refractivity contribution >= 4 is 33.0 Å². The van der Waals surface area contributed by atoms with E-state index < -0.39 is 21.1 Å². The molecule has 16 heavy (non-hydrogen) atoms. The van der Waals surface area contributed by atoms with Gasteiger partial charge < -0.3 is 5.73 Å². The van der Waals surface area contributed by atoms with E-state index in [2.05, 4.69) is 0 Å². The average molecular weight is 280 g/mol. The largest absolute Gasteiger partial charge is 0.323 e. The molecule has 3 nitrogen and oxygen atoms in total. The Kier molecular flexibility index (Phi) is 2.95. The Bertz CT molecular complexity index is 542. The monoisotopic (exact) mass is 279 g/mol. The van der Waals surface area contributed by atoms with Crippen LogP contribution in [0.1, 0.15) is 24.9 Å². The van der Waals surface area contributed by atoms with Gasteiger partial charge in [0.05, 0.1) is 15.2 Å². The molecule has 2 N–H and O–H groups in total. The predicted octanol–water partition coefficient (Wildman–Crippen LogP) is 2.56. The van der Waals surface area contributed by atoms with Crippen LogP contribution in [0.2, 0.25) is 10.0 Å². The molecule has 0 saturated heterocycles. The van der Waals surface area contributed by atoms with Crippen LogP contribution in [0.5, 0.6) is 0 Å². The molecule has 0 bridgehead atoms. The van der Waals surface area contributed by atoms with Gasteiger partial charge in [-0.15, -0.1) is 0 Å². The lowest BCUT2D eigenvalue weighted by Gasteiger charge is -2.12. The fraction of sp³-hybridized carbons (Fsp3) is 0.400. The lowest BCUT2D eigenvalue weighted by molar-refractivity contribution is 0.567. The van der Waals surface area contributed by atoms with Gasteiger partial charge in [0.2, 0.25) is 0 Å². The fourth-order valence-corrected chi connectivity index (χ4v) is 5.14. The van der Waals surface area contributed by atoms with Crippen molar-refractivity contribution in [2.75, 3.05) is 0 Å². The molecule has 1 aromatic carbocycles.